The van der Waals surface area contributed by atoms with Gasteiger partial charge in [0.15, 0.2) is 0 Å². The second kappa shape index (κ2) is 7.07. The van der Waals surface area contributed by atoms with Crippen LogP contribution in [-0.4, -0.2) is 17.6 Å². The molecule has 94 valence electrons. The van der Waals surface area contributed by atoms with E-state index in [9.17, 15) is 0 Å². The lowest BCUT2D eigenvalue weighted by atomic mass is 10.1. The Morgan fingerprint density at radius 2 is 2.29 bits per heavy atom. The second-order valence-corrected chi connectivity index (χ2v) is 4.70. The van der Waals surface area contributed by atoms with Crippen molar-refractivity contribution in [3.8, 4) is 0 Å². The van der Waals surface area contributed by atoms with Gasteiger partial charge in [0, 0.05) is 24.1 Å². The summed E-state index contributed by atoms with van der Waals surface area (Å²) < 4.78 is 0. The quantitative estimate of drug-likeness (QED) is 0.586. The normalized spacial score (nSPS) is 12.1. The molecule has 0 atom stereocenters. The smallest absolute Gasteiger partial charge is 0.0380 e. The first kappa shape index (κ1) is 13.7. The molecule has 0 aliphatic heterocycles. The molecule has 0 saturated carbocycles. The van der Waals surface area contributed by atoms with Crippen LogP contribution in [0.2, 0.25) is 0 Å². The maximum Gasteiger partial charge on any atom is 0.0380 e. The zero-order valence-corrected chi connectivity index (χ0v) is 11.0. The summed E-state index contributed by atoms with van der Waals surface area (Å²) in [4.78, 5) is 4.10. The first-order valence-electron chi connectivity index (χ1n) is 6.17. The summed E-state index contributed by atoms with van der Waals surface area (Å²) >= 11 is 0. The number of rotatable bonds is 6. The van der Waals surface area contributed by atoms with Crippen LogP contribution < -0.4 is 11.1 Å². The Bertz CT molecular complexity index is 369. The molecule has 0 aliphatic rings. The maximum absolute atomic E-state index is 5.88. The van der Waals surface area contributed by atoms with Crippen LogP contribution in [-0.2, 0) is 6.42 Å². The van der Waals surface area contributed by atoms with Gasteiger partial charge in [-0.25, -0.2) is 0 Å². The molecule has 3 N–H and O–H groups in total. The number of pyridine rings is 1. The van der Waals surface area contributed by atoms with Gasteiger partial charge >= 0.3 is 0 Å². The number of allylic oxidation sites excluding steroid dienone is 1. The van der Waals surface area contributed by atoms with Gasteiger partial charge in [0.2, 0.25) is 0 Å². The van der Waals surface area contributed by atoms with E-state index in [1.807, 2.05) is 12.3 Å². The van der Waals surface area contributed by atoms with Gasteiger partial charge in [-0.2, -0.15) is 0 Å². The van der Waals surface area contributed by atoms with Crippen molar-refractivity contribution in [3.63, 3.8) is 0 Å². The summed E-state index contributed by atoms with van der Waals surface area (Å²) in [6, 6.07) is 2.40. The van der Waals surface area contributed by atoms with Gasteiger partial charge in [0.05, 0.1) is 0 Å². The Labute approximate surface area is 104 Å². The molecule has 0 radical (unpaired) electrons. The molecule has 0 saturated heterocycles. The Balaban J connectivity index is 2.41. The minimum absolute atomic E-state index is 0.553. The van der Waals surface area contributed by atoms with E-state index >= 15 is 0 Å². The van der Waals surface area contributed by atoms with Gasteiger partial charge in [0.25, 0.3) is 0 Å². The third-order valence-electron chi connectivity index (χ3n) is 2.60. The number of nitrogens with zero attached hydrogens (tertiary/aromatic N) is 1. The van der Waals surface area contributed by atoms with Gasteiger partial charge in [0.1, 0.15) is 0 Å². The highest BCUT2D eigenvalue weighted by Gasteiger charge is 1.99. The van der Waals surface area contributed by atoms with E-state index in [1.165, 1.54) is 5.57 Å². The highest BCUT2D eigenvalue weighted by atomic mass is 14.9. The summed E-state index contributed by atoms with van der Waals surface area (Å²) in [6.45, 7) is 7.49. The molecule has 0 unspecified atom stereocenters. The number of anilines is 1. The van der Waals surface area contributed by atoms with Crippen LogP contribution in [0.15, 0.2) is 30.1 Å². The Hall–Kier alpha value is -1.35. The van der Waals surface area contributed by atoms with Crippen molar-refractivity contribution >= 4 is 5.69 Å². The number of nitrogen functional groups attached to an aromatic ring is 1. The van der Waals surface area contributed by atoms with Crippen LogP contribution in [0.4, 0.5) is 5.69 Å². The van der Waals surface area contributed by atoms with E-state index in [0.29, 0.717) is 6.04 Å². The van der Waals surface area contributed by atoms with Crippen molar-refractivity contribution in [1.82, 2.24) is 10.3 Å². The van der Waals surface area contributed by atoms with Crippen molar-refractivity contribution < 1.29 is 0 Å². The van der Waals surface area contributed by atoms with Gasteiger partial charge in [-0.05, 0) is 37.9 Å². The molecule has 3 nitrogen and oxygen atoms in total. The summed E-state index contributed by atoms with van der Waals surface area (Å²) in [5.41, 5.74) is 9.16. The van der Waals surface area contributed by atoms with Crippen LogP contribution >= 0.6 is 0 Å². The summed E-state index contributed by atoms with van der Waals surface area (Å²) in [6.07, 6.45) is 7.79. The van der Waals surface area contributed by atoms with E-state index in [1.54, 1.807) is 6.20 Å². The van der Waals surface area contributed by atoms with E-state index in [0.717, 1.165) is 30.6 Å². The molecule has 0 fully saturated rings. The lowest BCUT2D eigenvalue weighted by Crippen LogP contribution is -2.23. The average molecular weight is 233 g/mol. The molecule has 1 aromatic rings. The second-order valence-electron chi connectivity index (χ2n) is 4.70. The molecule has 1 rings (SSSR count). The topological polar surface area (TPSA) is 50.9 Å². The van der Waals surface area contributed by atoms with Crippen LogP contribution in [0.25, 0.3) is 0 Å². The van der Waals surface area contributed by atoms with Crippen molar-refractivity contribution in [2.75, 3.05) is 12.3 Å². The first-order chi connectivity index (χ1) is 8.09. The van der Waals surface area contributed by atoms with Crippen molar-refractivity contribution in [3.05, 3.63) is 35.7 Å². The van der Waals surface area contributed by atoms with E-state index in [2.05, 4.69) is 37.1 Å². The monoisotopic (exact) mass is 233 g/mol. The minimum atomic E-state index is 0.553. The van der Waals surface area contributed by atoms with E-state index < -0.39 is 0 Å². The summed E-state index contributed by atoms with van der Waals surface area (Å²) in [5, 5.41) is 3.39. The molecule has 1 aromatic heterocycles. The fourth-order valence-electron chi connectivity index (χ4n) is 1.65. The SMILES string of the molecule is CC(=CCCNC(C)C)Cc1cnccc1N. The van der Waals surface area contributed by atoms with Crippen LogP contribution in [0.5, 0.6) is 0 Å². The summed E-state index contributed by atoms with van der Waals surface area (Å²) in [5.74, 6) is 0. The molecule has 0 aromatic carbocycles. The first-order valence-corrected chi connectivity index (χ1v) is 6.17. The predicted octanol–water partition coefficient (Wildman–Crippen LogP) is 2.54. The standard InChI is InChI=1S/C14H23N3/c1-11(2)17-7-4-5-12(3)9-13-10-16-8-6-14(13)15/h5-6,8,10-11,17H,4,7,9H2,1-3H3,(H2,15,16). The molecule has 3 heteroatoms. The summed E-state index contributed by atoms with van der Waals surface area (Å²) in [7, 11) is 0. The fourth-order valence-corrected chi connectivity index (χ4v) is 1.65. The molecule has 17 heavy (non-hydrogen) atoms. The minimum Gasteiger partial charge on any atom is -0.398 e. The van der Waals surface area contributed by atoms with Crippen molar-refractivity contribution in [2.45, 2.75) is 39.7 Å². The molecular formula is C14H23N3. The van der Waals surface area contributed by atoms with Gasteiger partial charge in [-0.1, -0.05) is 25.5 Å². The van der Waals surface area contributed by atoms with Crippen LogP contribution in [0, 0.1) is 0 Å². The van der Waals surface area contributed by atoms with E-state index in [-0.39, 0.29) is 0 Å². The molecule has 0 spiro atoms. The van der Waals surface area contributed by atoms with E-state index in [4.69, 9.17) is 5.73 Å². The number of hydrogen-bond donors (Lipinski definition) is 2. The molecular weight excluding hydrogens is 210 g/mol. The highest BCUT2D eigenvalue weighted by molar-refractivity contribution is 5.45. The lowest BCUT2D eigenvalue weighted by molar-refractivity contribution is 0.594. The lowest BCUT2D eigenvalue weighted by Gasteiger charge is -2.07. The number of hydrogen-bond acceptors (Lipinski definition) is 3. The van der Waals surface area contributed by atoms with Gasteiger partial charge in [-0.15, -0.1) is 0 Å². The van der Waals surface area contributed by atoms with Crippen molar-refractivity contribution in [2.24, 2.45) is 0 Å². The molecule has 0 aliphatic carbocycles. The highest BCUT2D eigenvalue weighted by Crippen LogP contribution is 2.13. The number of nitrogens with two attached hydrogens (primary N) is 1. The largest absolute Gasteiger partial charge is 0.398 e. The molecule has 1 heterocycles. The maximum atomic E-state index is 5.88. The van der Waals surface area contributed by atoms with Gasteiger partial charge in [-0.3, -0.25) is 4.98 Å². The Morgan fingerprint density at radius 3 is 2.94 bits per heavy atom. The Morgan fingerprint density at radius 1 is 1.53 bits per heavy atom. The third kappa shape index (κ3) is 5.50. The van der Waals surface area contributed by atoms with Gasteiger partial charge < -0.3 is 11.1 Å². The van der Waals surface area contributed by atoms with Crippen molar-refractivity contribution in [1.29, 1.82) is 0 Å². The zero-order chi connectivity index (χ0) is 12.7. The Kier molecular flexibility index (Phi) is 5.70. The average Bonchev–Trinajstić information content (AvgIpc) is 2.27. The van der Waals surface area contributed by atoms with Crippen LogP contribution in [0.1, 0.15) is 32.8 Å². The molecule has 0 bridgehead atoms. The fraction of sp³-hybridized carbons (Fsp3) is 0.500. The number of aromatic nitrogens is 1. The number of nitrogens with one attached hydrogen (secondary N) is 1. The van der Waals surface area contributed by atoms with Crippen LogP contribution in [0.3, 0.4) is 0 Å². The zero-order valence-electron chi connectivity index (χ0n) is 11.0. The molecule has 0 amide bonds. The predicted molar refractivity (Wildman–Crippen MR) is 73.9 cm³/mol. The third-order valence-corrected chi connectivity index (χ3v) is 2.60.